The van der Waals surface area contributed by atoms with Gasteiger partial charge in [-0.25, -0.2) is 4.79 Å². The first kappa shape index (κ1) is 19.3. The zero-order valence-electron chi connectivity index (χ0n) is 16.3. The van der Waals surface area contributed by atoms with Crippen LogP contribution in [0, 0.1) is 11.5 Å². The predicted octanol–water partition coefficient (Wildman–Crippen LogP) is 4.87. The van der Waals surface area contributed by atoms with E-state index in [2.05, 4.69) is 54.6 Å². The monoisotopic (exact) mass is 377 g/mol. The SMILES string of the molecule is C[Si](C)(C)C#Cc1ccc2c(c1)C(CNC(=O)OCc1ccccc1)CC2. The molecule has 1 aliphatic rings. The van der Waals surface area contributed by atoms with Crippen LogP contribution >= 0.6 is 0 Å². The molecule has 0 aromatic heterocycles. The van der Waals surface area contributed by atoms with Gasteiger partial charge in [0.05, 0.1) is 0 Å². The van der Waals surface area contributed by atoms with Gasteiger partial charge in [0.1, 0.15) is 14.7 Å². The van der Waals surface area contributed by atoms with Crippen LogP contribution in [0.15, 0.2) is 48.5 Å². The van der Waals surface area contributed by atoms with Gasteiger partial charge in [-0.2, -0.15) is 0 Å². The van der Waals surface area contributed by atoms with Gasteiger partial charge < -0.3 is 10.1 Å². The van der Waals surface area contributed by atoms with Crippen molar-refractivity contribution in [2.24, 2.45) is 0 Å². The van der Waals surface area contributed by atoms with Crippen LogP contribution in [0.5, 0.6) is 0 Å². The molecular weight excluding hydrogens is 350 g/mol. The van der Waals surface area contributed by atoms with Gasteiger partial charge in [-0.3, -0.25) is 0 Å². The summed E-state index contributed by atoms with van der Waals surface area (Å²) in [5.41, 5.74) is 8.19. The molecule has 3 nitrogen and oxygen atoms in total. The molecule has 0 saturated heterocycles. The molecule has 0 fully saturated rings. The number of hydrogen-bond donors (Lipinski definition) is 1. The topological polar surface area (TPSA) is 38.3 Å². The number of aryl methyl sites for hydroxylation is 1. The molecule has 2 aromatic carbocycles. The summed E-state index contributed by atoms with van der Waals surface area (Å²) in [6, 6.07) is 16.2. The van der Waals surface area contributed by atoms with E-state index in [1.165, 1.54) is 11.1 Å². The first-order chi connectivity index (χ1) is 12.9. The third-order valence-electron chi connectivity index (χ3n) is 4.64. The van der Waals surface area contributed by atoms with Gasteiger partial charge >= 0.3 is 6.09 Å². The van der Waals surface area contributed by atoms with Crippen LogP contribution < -0.4 is 5.32 Å². The first-order valence-corrected chi connectivity index (χ1v) is 13.0. The molecule has 0 radical (unpaired) electrons. The van der Waals surface area contributed by atoms with E-state index in [4.69, 9.17) is 4.74 Å². The number of carbonyl (C=O) groups excluding carboxylic acids is 1. The standard InChI is InChI=1S/C23H27NO2Si/c1-27(2,3)14-13-18-9-10-20-11-12-21(22(20)15-18)16-24-23(25)26-17-19-7-5-4-6-8-19/h4-10,15,21H,11-12,16-17H2,1-3H3,(H,24,25). The van der Waals surface area contributed by atoms with Crippen LogP contribution in [0.2, 0.25) is 19.6 Å². The number of rotatable bonds is 4. The molecule has 0 heterocycles. The zero-order chi connectivity index (χ0) is 19.3. The molecule has 1 unspecified atom stereocenters. The number of hydrogen-bond acceptors (Lipinski definition) is 2. The smallest absolute Gasteiger partial charge is 0.407 e. The predicted molar refractivity (Wildman–Crippen MR) is 112 cm³/mol. The quantitative estimate of drug-likeness (QED) is 0.610. The third-order valence-corrected chi connectivity index (χ3v) is 5.51. The summed E-state index contributed by atoms with van der Waals surface area (Å²) in [7, 11) is -1.38. The van der Waals surface area contributed by atoms with E-state index >= 15 is 0 Å². The van der Waals surface area contributed by atoms with Gasteiger partial charge in [0, 0.05) is 18.0 Å². The molecule has 2 aromatic rings. The molecular formula is C23H27NO2Si. The van der Waals surface area contributed by atoms with Gasteiger partial charge in [-0.15, -0.1) is 5.54 Å². The van der Waals surface area contributed by atoms with Crippen molar-refractivity contribution in [3.05, 3.63) is 70.8 Å². The number of nitrogens with one attached hydrogen (secondary N) is 1. The lowest BCUT2D eigenvalue weighted by Crippen LogP contribution is -2.28. The van der Waals surface area contributed by atoms with E-state index in [1.807, 2.05) is 30.3 Å². The Morgan fingerprint density at radius 1 is 1.19 bits per heavy atom. The molecule has 0 saturated carbocycles. The third kappa shape index (κ3) is 5.73. The van der Waals surface area contributed by atoms with Crippen molar-refractivity contribution in [3.63, 3.8) is 0 Å². The summed E-state index contributed by atoms with van der Waals surface area (Å²) in [6.45, 7) is 7.65. The van der Waals surface area contributed by atoms with E-state index in [0.29, 0.717) is 19.1 Å². The Morgan fingerprint density at radius 2 is 1.96 bits per heavy atom. The van der Waals surface area contributed by atoms with Crippen molar-refractivity contribution in [3.8, 4) is 11.5 Å². The Balaban J connectivity index is 1.57. The molecule has 1 N–H and O–H groups in total. The molecule has 0 bridgehead atoms. The van der Waals surface area contributed by atoms with Crippen molar-refractivity contribution in [2.45, 2.75) is 45.0 Å². The maximum Gasteiger partial charge on any atom is 0.407 e. The van der Waals surface area contributed by atoms with Crippen molar-refractivity contribution >= 4 is 14.2 Å². The van der Waals surface area contributed by atoms with Crippen LogP contribution in [0.1, 0.15) is 34.6 Å². The van der Waals surface area contributed by atoms with E-state index in [1.54, 1.807) is 0 Å². The summed E-state index contributed by atoms with van der Waals surface area (Å²) in [4.78, 5) is 12.0. The second-order valence-electron chi connectivity index (χ2n) is 8.09. The number of benzene rings is 2. The van der Waals surface area contributed by atoms with Crippen LogP contribution in [0.25, 0.3) is 0 Å². The van der Waals surface area contributed by atoms with Gasteiger partial charge in [0.25, 0.3) is 0 Å². The Labute approximate surface area is 163 Å². The fourth-order valence-electron chi connectivity index (χ4n) is 3.22. The van der Waals surface area contributed by atoms with Crippen molar-refractivity contribution in [2.75, 3.05) is 6.54 Å². The first-order valence-electron chi connectivity index (χ1n) is 9.51. The highest BCUT2D eigenvalue weighted by Gasteiger charge is 2.23. The fourth-order valence-corrected chi connectivity index (χ4v) is 3.74. The van der Waals surface area contributed by atoms with Crippen LogP contribution in [0.3, 0.4) is 0 Å². The highest BCUT2D eigenvalue weighted by atomic mass is 28.3. The Hall–Kier alpha value is -2.51. The number of amides is 1. The number of carbonyl (C=O) groups is 1. The summed E-state index contributed by atoms with van der Waals surface area (Å²) in [5, 5.41) is 2.92. The maximum absolute atomic E-state index is 12.0. The van der Waals surface area contributed by atoms with E-state index < -0.39 is 8.07 Å². The molecule has 4 heteroatoms. The molecule has 0 aliphatic heterocycles. The minimum absolute atomic E-state index is 0.296. The molecule has 27 heavy (non-hydrogen) atoms. The summed E-state index contributed by atoms with van der Waals surface area (Å²) in [5.74, 6) is 3.67. The average molecular weight is 378 g/mol. The molecule has 1 aliphatic carbocycles. The molecule has 140 valence electrons. The lowest BCUT2D eigenvalue weighted by molar-refractivity contribution is 0.139. The fraction of sp³-hybridized carbons (Fsp3) is 0.348. The normalized spacial score (nSPS) is 15.4. The number of ether oxygens (including phenoxy) is 1. The molecule has 0 spiro atoms. The number of alkyl carbamates (subject to hydrolysis) is 1. The van der Waals surface area contributed by atoms with E-state index in [9.17, 15) is 4.79 Å². The van der Waals surface area contributed by atoms with Gasteiger partial charge in [-0.05, 0) is 41.7 Å². The highest BCUT2D eigenvalue weighted by molar-refractivity contribution is 6.83. The van der Waals surface area contributed by atoms with Crippen LogP contribution in [0.4, 0.5) is 4.79 Å². The second kappa shape index (κ2) is 8.45. The maximum atomic E-state index is 12.0. The largest absolute Gasteiger partial charge is 0.445 e. The average Bonchev–Trinajstić information content (AvgIpc) is 3.05. The van der Waals surface area contributed by atoms with Gasteiger partial charge in [-0.1, -0.05) is 62.0 Å². The van der Waals surface area contributed by atoms with Gasteiger partial charge in [0.15, 0.2) is 0 Å². The lowest BCUT2D eigenvalue weighted by Gasteiger charge is -2.13. The molecule has 1 atom stereocenters. The van der Waals surface area contributed by atoms with Crippen molar-refractivity contribution in [1.29, 1.82) is 0 Å². The summed E-state index contributed by atoms with van der Waals surface area (Å²) in [6.07, 6.45) is 1.75. The highest BCUT2D eigenvalue weighted by Crippen LogP contribution is 2.33. The van der Waals surface area contributed by atoms with Crippen LogP contribution in [-0.2, 0) is 17.8 Å². The van der Waals surface area contributed by atoms with Crippen molar-refractivity contribution < 1.29 is 9.53 Å². The minimum Gasteiger partial charge on any atom is -0.445 e. The number of fused-ring (bicyclic) bond motifs is 1. The Kier molecular flexibility index (Phi) is 6.03. The summed E-state index contributed by atoms with van der Waals surface area (Å²) >= 11 is 0. The lowest BCUT2D eigenvalue weighted by atomic mass is 9.99. The Bertz CT molecular complexity index is 859. The Morgan fingerprint density at radius 3 is 2.70 bits per heavy atom. The molecule has 3 rings (SSSR count). The second-order valence-corrected chi connectivity index (χ2v) is 12.8. The molecule has 1 amide bonds. The van der Waals surface area contributed by atoms with E-state index in [-0.39, 0.29) is 6.09 Å². The van der Waals surface area contributed by atoms with Crippen molar-refractivity contribution in [1.82, 2.24) is 5.32 Å². The zero-order valence-corrected chi connectivity index (χ0v) is 17.3. The minimum atomic E-state index is -1.38. The van der Waals surface area contributed by atoms with Crippen LogP contribution in [-0.4, -0.2) is 20.7 Å². The van der Waals surface area contributed by atoms with E-state index in [0.717, 1.165) is 24.0 Å². The summed E-state index contributed by atoms with van der Waals surface area (Å²) < 4.78 is 5.31. The van der Waals surface area contributed by atoms with Gasteiger partial charge in [0.2, 0.25) is 0 Å².